The van der Waals surface area contributed by atoms with Crippen LogP contribution in [0.2, 0.25) is 0 Å². The van der Waals surface area contributed by atoms with Crippen molar-refractivity contribution in [2.24, 2.45) is 0 Å². The van der Waals surface area contributed by atoms with Crippen molar-refractivity contribution in [2.75, 3.05) is 13.1 Å². The molecule has 0 fully saturated rings. The smallest absolute Gasteiger partial charge is 0.121 e. The first kappa shape index (κ1) is 12.8. The maximum absolute atomic E-state index is 10.5. The second-order valence-electron chi connectivity index (χ2n) is 4.92. The summed E-state index contributed by atoms with van der Waals surface area (Å²) in [7, 11) is 0. The monoisotopic (exact) mass is 264 g/mol. The van der Waals surface area contributed by atoms with E-state index in [2.05, 4.69) is 34.1 Å². The van der Waals surface area contributed by atoms with E-state index in [1.807, 2.05) is 30.3 Å². The van der Waals surface area contributed by atoms with Gasteiger partial charge in [0.1, 0.15) is 5.94 Å². The highest BCUT2D eigenvalue weighted by atomic mass is 16.1. The zero-order valence-electron chi connectivity index (χ0n) is 11.2. The second-order valence-corrected chi connectivity index (χ2v) is 4.92. The van der Waals surface area contributed by atoms with Crippen molar-refractivity contribution in [3.05, 3.63) is 71.6 Å². The Balaban J connectivity index is 2.05. The quantitative estimate of drug-likeness (QED) is 0.798. The van der Waals surface area contributed by atoms with Gasteiger partial charge in [0.25, 0.3) is 0 Å². The molecule has 2 aromatic rings. The van der Waals surface area contributed by atoms with Gasteiger partial charge in [0.2, 0.25) is 0 Å². The molecule has 0 N–H and O–H groups in total. The van der Waals surface area contributed by atoms with Crippen molar-refractivity contribution in [1.29, 1.82) is 0 Å². The number of fused-ring (bicyclic) bond motifs is 1. The number of carbonyl (C=O) groups excluding carboxylic acids is 1. The number of pyridine rings is 1. The molecule has 3 nitrogen and oxygen atoms in total. The summed E-state index contributed by atoms with van der Waals surface area (Å²) >= 11 is 0. The van der Waals surface area contributed by atoms with Gasteiger partial charge in [0.15, 0.2) is 0 Å². The van der Waals surface area contributed by atoms with Gasteiger partial charge in [-0.25, -0.2) is 4.79 Å². The van der Waals surface area contributed by atoms with Crippen molar-refractivity contribution in [3.8, 4) is 0 Å². The van der Waals surface area contributed by atoms with E-state index in [0.29, 0.717) is 6.54 Å². The van der Waals surface area contributed by atoms with E-state index in [1.54, 1.807) is 6.08 Å². The Hall–Kier alpha value is -2.22. The van der Waals surface area contributed by atoms with Crippen LogP contribution in [0.3, 0.4) is 0 Å². The van der Waals surface area contributed by atoms with Crippen molar-refractivity contribution in [1.82, 2.24) is 9.88 Å². The molecule has 0 amide bonds. The first-order valence-corrected chi connectivity index (χ1v) is 6.82. The van der Waals surface area contributed by atoms with Gasteiger partial charge < -0.3 is 0 Å². The first-order chi connectivity index (χ1) is 9.90. The van der Waals surface area contributed by atoms with Gasteiger partial charge in [-0.3, -0.25) is 9.88 Å². The summed E-state index contributed by atoms with van der Waals surface area (Å²) in [5.41, 5.74) is 3.69. The van der Waals surface area contributed by atoms with Crippen molar-refractivity contribution in [2.45, 2.75) is 12.5 Å². The molecule has 3 heteroatoms. The summed E-state index contributed by atoms with van der Waals surface area (Å²) in [6.07, 6.45) is 4.37. The SMILES string of the molecule is O=C=CCN1CCc2ccccc2C1c1ccccn1. The van der Waals surface area contributed by atoms with Crippen LogP contribution in [0.4, 0.5) is 0 Å². The molecule has 0 aliphatic carbocycles. The third-order valence-corrected chi connectivity index (χ3v) is 3.76. The average molecular weight is 264 g/mol. The van der Waals surface area contributed by atoms with Crippen LogP contribution in [0.5, 0.6) is 0 Å². The first-order valence-electron chi connectivity index (χ1n) is 6.82. The van der Waals surface area contributed by atoms with Gasteiger partial charge in [-0.05, 0) is 29.7 Å². The fraction of sp³-hybridized carbons (Fsp3) is 0.235. The molecule has 1 aromatic heterocycles. The maximum atomic E-state index is 10.5. The topological polar surface area (TPSA) is 33.2 Å². The molecule has 3 rings (SSSR count). The summed E-state index contributed by atoms with van der Waals surface area (Å²) in [6.45, 7) is 1.54. The Labute approximate surface area is 118 Å². The predicted octanol–water partition coefficient (Wildman–Crippen LogP) is 2.42. The number of nitrogens with zero attached hydrogens (tertiary/aromatic N) is 2. The molecule has 20 heavy (non-hydrogen) atoms. The minimum absolute atomic E-state index is 0.116. The van der Waals surface area contributed by atoms with E-state index in [4.69, 9.17) is 0 Å². The molecule has 0 radical (unpaired) electrons. The minimum Gasteiger partial charge on any atom is -0.286 e. The lowest BCUT2D eigenvalue weighted by Crippen LogP contribution is -2.36. The summed E-state index contributed by atoms with van der Waals surface area (Å²) in [4.78, 5) is 17.3. The van der Waals surface area contributed by atoms with Gasteiger partial charge in [0, 0.05) is 25.4 Å². The third-order valence-electron chi connectivity index (χ3n) is 3.76. The largest absolute Gasteiger partial charge is 0.286 e. The Morgan fingerprint density at radius 1 is 1.25 bits per heavy atom. The van der Waals surface area contributed by atoms with E-state index in [9.17, 15) is 4.79 Å². The zero-order valence-corrected chi connectivity index (χ0v) is 11.2. The summed E-state index contributed by atoms with van der Waals surface area (Å²) in [5.74, 6) is 1.87. The molecule has 0 saturated heterocycles. The molecule has 1 unspecified atom stereocenters. The predicted molar refractivity (Wildman–Crippen MR) is 78.1 cm³/mol. The van der Waals surface area contributed by atoms with Crippen LogP contribution in [0.15, 0.2) is 54.7 Å². The molecule has 1 atom stereocenters. The van der Waals surface area contributed by atoms with E-state index in [-0.39, 0.29) is 6.04 Å². The maximum Gasteiger partial charge on any atom is 0.121 e. The number of hydrogen-bond donors (Lipinski definition) is 0. The van der Waals surface area contributed by atoms with Crippen LogP contribution in [-0.2, 0) is 11.2 Å². The van der Waals surface area contributed by atoms with Crippen LogP contribution < -0.4 is 0 Å². The highest BCUT2D eigenvalue weighted by Crippen LogP contribution is 2.33. The summed E-state index contributed by atoms with van der Waals surface area (Å²) in [6, 6.07) is 14.6. The number of benzene rings is 1. The average Bonchev–Trinajstić information content (AvgIpc) is 2.53. The Kier molecular flexibility index (Phi) is 3.73. The molecule has 100 valence electrons. The van der Waals surface area contributed by atoms with Gasteiger partial charge in [-0.1, -0.05) is 30.3 Å². The molecule has 0 bridgehead atoms. The molecule has 2 heterocycles. The number of aromatic nitrogens is 1. The lowest BCUT2D eigenvalue weighted by atomic mass is 9.90. The fourth-order valence-corrected chi connectivity index (χ4v) is 2.85. The summed E-state index contributed by atoms with van der Waals surface area (Å²) in [5, 5.41) is 0. The van der Waals surface area contributed by atoms with Gasteiger partial charge in [0.05, 0.1) is 11.7 Å². The van der Waals surface area contributed by atoms with E-state index in [0.717, 1.165) is 18.7 Å². The molecule has 1 aromatic carbocycles. The molecule has 0 saturated carbocycles. The molecule has 1 aliphatic rings. The van der Waals surface area contributed by atoms with E-state index in [1.165, 1.54) is 11.1 Å². The van der Waals surface area contributed by atoms with E-state index >= 15 is 0 Å². The van der Waals surface area contributed by atoms with Crippen molar-refractivity contribution >= 4 is 5.94 Å². The van der Waals surface area contributed by atoms with Gasteiger partial charge in [-0.15, -0.1) is 0 Å². The number of rotatable bonds is 3. The fourth-order valence-electron chi connectivity index (χ4n) is 2.85. The van der Waals surface area contributed by atoms with Crippen molar-refractivity contribution in [3.63, 3.8) is 0 Å². The molecular weight excluding hydrogens is 248 g/mol. The van der Waals surface area contributed by atoms with Crippen LogP contribution in [-0.4, -0.2) is 28.9 Å². The van der Waals surface area contributed by atoms with Crippen LogP contribution in [0.25, 0.3) is 0 Å². The normalized spacial score (nSPS) is 18.1. The molecular formula is C17H16N2O. The highest BCUT2D eigenvalue weighted by molar-refractivity contribution is 5.45. The third kappa shape index (κ3) is 2.42. The van der Waals surface area contributed by atoms with Gasteiger partial charge in [-0.2, -0.15) is 0 Å². The lowest BCUT2D eigenvalue weighted by molar-refractivity contribution is 0.233. The van der Waals surface area contributed by atoms with Crippen LogP contribution in [0.1, 0.15) is 22.9 Å². The lowest BCUT2D eigenvalue weighted by Gasteiger charge is -2.36. The van der Waals surface area contributed by atoms with Crippen LogP contribution >= 0.6 is 0 Å². The Morgan fingerprint density at radius 3 is 2.90 bits per heavy atom. The standard InChI is InChI=1S/C17H16N2O/c20-13-5-11-19-12-9-14-6-1-2-7-15(14)17(19)16-8-3-4-10-18-16/h1-8,10,17H,9,11-12H2. The van der Waals surface area contributed by atoms with Crippen molar-refractivity contribution < 1.29 is 4.79 Å². The van der Waals surface area contributed by atoms with Gasteiger partial charge >= 0.3 is 0 Å². The zero-order chi connectivity index (χ0) is 13.8. The Bertz CT molecular complexity index is 632. The summed E-state index contributed by atoms with van der Waals surface area (Å²) < 4.78 is 0. The Morgan fingerprint density at radius 2 is 2.10 bits per heavy atom. The van der Waals surface area contributed by atoms with E-state index < -0.39 is 0 Å². The molecule has 1 aliphatic heterocycles. The van der Waals surface area contributed by atoms with Crippen LogP contribution in [0, 0.1) is 0 Å². The molecule has 0 spiro atoms. The highest BCUT2D eigenvalue weighted by Gasteiger charge is 2.28. The second kappa shape index (κ2) is 5.83. The number of hydrogen-bond acceptors (Lipinski definition) is 3. The minimum atomic E-state index is 0.116.